The summed E-state index contributed by atoms with van der Waals surface area (Å²) in [6.45, 7) is 2.67. The van der Waals surface area contributed by atoms with Crippen molar-refractivity contribution in [1.29, 1.82) is 0 Å². The fourth-order valence-corrected chi connectivity index (χ4v) is 1.45. The minimum absolute atomic E-state index is 0.121. The first-order chi connectivity index (χ1) is 8.12. The Hall–Kier alpha value is -1.60. The van der Waals surface area contributed by atoms with Crippen molar-refractivity contribution >= 4 is 29.3 Å². The van der Waals surface area contributed by atoms with E-state index in [2.05, 4.69) is 20.7 Å². The van der Waals surface area contributed by atoms with E-state index in [1.165, 1.54) is 6.20 Å². The third kappa shape index (κ3) is 3.43. The zero-order valence-corrected chi connectivity index (χ0v) is 10.5. The number of nitrogens with two attached hydrogens (primary N) is 1. The highest BCUT2D eigenvalue weighted by Gasteiger charge is 2.14. The quantitative estimate of drug-likeness (QED) is 0.508. The van der Waals surface area contributed by atoms with E-state index < -0.39 is 0 Å². The lowest BCUT2D eigenvalue weighted by atomic mass is 10.4. The molecule has 0 aliphatic carbocycles. The zero-order chi connectivity index (χ0) is 12.8. The first-order valence-corrected chi connectivity index (χ1v) is 5.44. The largest absolute Gasteiger partial charge is 0.358 e. The molecule has 0 saturated carbocycles. The van der Waals surface area contributed by atoms with Crippen LogP contribution in [0.3, 0.4) is 0 Å². The van der Waals surface area contributed by atoms with Crippen LogP contribution in [-0.4, -0.2) is 36.0 Å². The van der Waals surface area contributed by atoms with Gasteiger partial charge in [0.05, 0.1) is 12.7 Å². The molecule has 8 heteroatoms. The van der Waals surface area contributed by atoms with Crippen LogP contribution in [0.1, 0.15) is 6.92 Å². The Kier molecular flexibility index (Phi) is 4.92. The number of anilines is 2. The van der Waals surface area contributed by atoms with Crippen LogP contribution in [0.2, 0.25) is 5.02 Å². The molecule has 94 valence electrons. The monoisotopic (exact) mass is 258 g/mol. The number of likely N-dealkylation sites (N-methyl/N-ethyl adjacent to an activating group) is 2. The minimum Gasteiger partial charge on any atom is -0.358 e. The van der Waals surface area contributed by atoms with Gasteiger partial charge in [-0.1, -0.05) is 11.6 Å². The summed E-state index contributed by atoms with van der Waals surface area (Å²) in [5.41, 5.74) is 2.33. The highest BCUT2D eigenvalue weighted by Crippen LogP contribution is 2.23. The van der Waals surface area contributed by atoms with Gasteiger partial charge in [0.2, 0.25) is 11.9 Å². The van der Waals surface area contributed by atoms with Crippen molar-refractivity contribution in [3.63, 3.8) is 0 Å². The fourth-order valence-electron chi connectivity index (χ4n) is 1.24. The summed E-state index contributed by atoms with van der Waals surface area (Å²) >= 11 is 5.99. The summed E-state index contributed by atoms with van der Waals surface area (Å²) < 4.78 is 0. The Morgan fingerprint density at radius 2 is 2.35 bits per heavy atom. The molecule has 1 amide bonds. The number of amides is 1. The van der Waals surface area contributed by atoms with Crippen molar-refractivity contribution in [1.82, 2.24) is 15.3 Å². The van der Waals surface area contributed by atoms with Crippen molar-refractivity contribution in [3.8, 4) is 0 Å². The highest BCUT2D eigenvalue weighted by molar-refractivity contribution is 6.32. The molecule has 0 spiro atoms. The maximum atomic E-state index is 11.3. The molecule has 1 aromatic heterocycles. The van der Waals surface area contributed by atoms with Crippen LogP contribution in [0.25, 0.3) is 0 Å². The molecule has 0 aromatic carbocycles. The Morgan fingerprint density at radius 1 is 1.65 bits per heavy atom. The van der Waals surface area contributed by atoms with Gasteiger partial charge in [0.15, 0.2) is 5.82 Å². The molecule has 4 N–H and O–H groups in total. The van der Waals surface area contributed by atoms with Gasteiger partial charge in [-0.15, -0.1) is 0 Å². The van der Waals surface area contributed by atoms with Gasteiger partial charge < -0.3 is 10.2 Å². The molecule has 0 aliphatic heterocycles. The molecule has 1 aromatic rings. The molecule has 0 bridgehead atoms. The standard InChI is InChI=1S/C9H15ClN6O/c1-3-16(5-7(17)12-2)8-6(10)4-13-9(14-8)15-11/h4H,3,5,11H2,1-2H3,(H,12,17)(H,13,14,15). The number of nitrogens with one attached hydrogen (secondary N) is 2. The zero-order valence-electron chi connectivity index (χ0n) is 9.70. The number of carbonyl (C=O) groups excluding carboxylic acids is 1. The second-order valence-electron chi connectivity index (χ2n) is 3.20. The predicted molar refractivity (Wildman–Crippen MR) is 66.8 cm³/mol. The number of halogens is 1. The van der Waals surface area contributed by atoms with Gasteiger partial charge in [-0.2, -0.15) is 4.98 Å². The van der Waals surface area contributed by atoms with Gasteiger partial charge in [-0.25, -0.2) is 10.8 Å². The summed E-state index contributed by atoms with van der Waals surface area (Å²) in [5.74, 6) is 5.82. The molecule has 0 atom stereocenters. The van der Waals surface area contributed by atoms with Crippen molar-refractivity contribution < 1.29 is 4.79 Å². The molecule has 0 saturated heterocycles. The van der Waals surface area contributed by atoms with E-state index >= 15 is 0 Å². The van der Waals surface area contributed by atoms with E-state index in [-0.39, 0.29) is 18.4 Å². The van der Waals surface area contributed by atoms with Crippen LogP contribution in [0.4, 0.5) is 11.8 Å². The molecule has 17 heavy (non-hydrogen) atoms. The van der Waals surface area contributed by atoms with Gasteiger partial charge in [0.1, 0.15) is 5.02 Å². The summed E-state index contributed by atoms with van der Waals surface area (Å²) in [6.07, 6.45) is 1.44. The van der Waals surface area contributed by atoms with E-state index in [0.29, 0.717) is 17.4 Å². The smallest absolute Gasteiger partial charge is 0.239 e. The molecule has 0 radical (unpaired) electrons. The number of hydrogen-bond acceptors (Lipinski definition) is 6. The van der Waals surface area contributed by atoms with E-state index in [0.717, 1.165) is 0 Å². The lowest BCUT2D eigenvalue weighted by Gasteiger charge is -2.22. The second-order valence-corrected chi connectivity index (χ2v) is 3.60. The lowest BCUT2D eigenvalue weighted by Crippen LogP contribution is -2.36. The van der Waals surface area contributed by atoms with E-state index in [1.54, 1.807) is 11.9 Å². The molecule has 1 rings (SSSR count). The number of nitrogens with zero attached hydrogens (tertiary/aromatic N) is 3. The van der Waals surface area contributed by atoms with Crippen LogP contribution >= 0.6 is 11.6 Å². The van der Waals surface area contributed by atoms with E-state index in [9.17, 15) is 4.79 Å². The van der Waals surface area contributed by atoms with Crippen LogP contribution in [0, 0.1) is 0 Å². The number of carbonyl (C=O) groups is 1. The van der Waals surface area contributed by atoms with Gasteiger partial charge >= 0.3 is 0 Å². The third-order valence-corrected chi connectivity index (χ3v) is 2.42. The molecule has 7 nitrogen and oxygen atoms in total. The molecule has 0 aliphatic rings. The minimum atomic E-state index is -0.121. The molecule has 0 unspecified atom stereocenters. The van der Waals surface area contributed by atoms with Crippen LogP contribution < -0.4 is 21.5 Å². The fraction of sp³-hybridized carbons (Fsp3) is 0.444. The van der Waals surface area contributed by atoms with Crippen molar-refractivity contribution in [2.75, 3.05) is 30.5 Å². The molecule has 1 heterocycles. The Balaban J connectivity index is 2.97. The van der Waals surface area contributed by atoms with E-state index in [4.69, 9.17) is 17.4 Å². The maximum Gasteiger partial charge on any atom is 0.239 e. The number of hydrogen-bond donors (Lipinski definition) is 3. The maximum absolute atomic E-state index is 11.3. The van der Waals surface area contributed by atoms with Gasteiger partial charge in [0.25, 0.3) is 0 Å². The SMILES string of the molecule is CCN(CC(=O)NC)c1nc(NN)ncc1Cl. The lowest BCUT2D eigenvalue weighted by molar-refractivity contribution is -0.119. The topological polar surface area (TPSA) is 96.2 Å². The predicted octanol–water partition coefficient (Wildman–Crippen LogP) is -0.0121. The molecule has 0 fully saturated rings. The molecular formula is C9H15ClN6O. The first-order valence-electron chi connectivity index (χ1n) is 5.07. The van der Waals surface area contributed by atoms with Crippen molar-refractivity contribution in [2.45, 2.75) is 6.92 Å². The third-order valence-electron chi connectivity index (χ3n) is 2.15. The summed E-state index contributed by atoms with van der Waals surface area (Å²) in [6, 6.07) is 0. The van der Waals surface area contributed by atoms with Crippen LogP contribution in [-0.2, 0) is 4.79 Å². The summed E-state index contributed by atoms with van der Waals surface area (Å²) in [5, 5.41) is 2.91. The van der Waals surface area contributed by atoms with Crippen LogP contribution in [0.15, 0.2) is 6.20 Å². The van der Waals surface area contributed by atoms with Gasteiger partial charge in [0, 0.05) is 13.6 Å². The number of hydrazine groups is 1. The Morgan fingerprint density at radius 3 is 2.88 bits per heavy atom. The number of nitrogen functional groups attached to an aromatic ring is 1. The normalized spacial score (nSPS) is 9.88. The first kappa shape index (κ1) is 13.5. The van der Waals surface area contributed by atoms with Gasteiger partial charge in [-0.05, 0) is 6.92 Å². The summed E-state index contributed by atoms with van der Waals surface area (Å²) in [4.78, 5) is 21.0. The van der Waals surface area contributed by atoms with Crippen molar-refractivity contribution in [3.05, 3.63) is 11.2 Å². The number of aromatic nitrogens is 2. The average molecular weight is 259 g/mol. The average Bonchev–Trinajstić information content (AvgIpc) is 2.36. The Bertz CT molecular complexity index is 399. The molecular weight excluding hydrogens is 244 g/mol. The van der Waals surface area contributed by atoms with Crippen molar-refractivity contribution in [2.24, 2.45) is 5.84 Å². The second kappa shape index (κ2) is 6.21. The Labute approximate surface area is 104 Å². The van der Waals surface area contributed by atoms with Gasteiger partial charge in [-0.3, -0.25) is 10.2 Å². The van der Waals surface area contributed by atoms with Crippen LogP contribution in [0.5, 0.6) is 0 Å². The van der Waals surface area contributed by atoms with E-state index in [1.807, 2.05) is 6.92 Å². The number of rotatable bonds is 5. The summed E-state index contributed by atoms with van der Waals surface area (Å²) in [7, 11) is 1.57. The highest BCUT2D eigenvalue weighted by atomic mass is 35.5.